The Bertz CT molecular complexity index is 418. The lowest BCUT2D eigenvalue weighted by Crippen LogP contribution is -2.56. The van der Waals surface area contributed by atoms with Crippen LogP contribution in [0.25, 0.3) is 0 Å². The van der Waals surface area contributed by atoms with E-state index in [4.69, 9.17) is 4.74 Å². The molecule has 1 fully saturated rings. The zero-order valence-electron chi connectivity index (χ0n) is 13.9. The van der Waals surface area contributed by atoms with Crippen molar-refractivity contribution < 1.29 is 4.74 Å². The van der Waals surface area contributed by atoms with Gasteiger partial charge in [-0.05, 0) is 44.4 Å². The third-order valence-electron chi connectivity index (χ3n) is 4.68. The molecule has 1 heterocycles. The highest BCUT2D eigenvalue weighted by Crippen LogP contribution is 2.27. The predicted octanol–water partition coefficient (Wildman–Crippen LogP) is 3.61. The second-order valence-electron chi connectivity index (χ2n) is 5.95. The first kappa shape index (κ1) is 16.3. The molecule has 1 aliphatic heterocycles. The van der Waals surface area contributed by atoms with Crippen LogP contribution in [0, 0.1) is 0 Å². The number of benzene rings is 1. The Morgan fingerprint density at radius 2 is 1.90 bits per heavy atom. The van der Waals surface area contributed by atoms with Gasteiger partial charge in [0.2, 0.25) is 0 Å². The normalized spacial score (nSPS) is 24.8. The number of nitrogens with zero attached hydrogens (tertiary/aromatic N) is 1. The minimum atomic E-state index is 0.460. The van der Waals surface area contributed by atoms with Gasteiger partial charge in [0.25, 0.3) is 0 Å². The van der Waals surface area contributed by atoms with E-state index in [2.05, 4.69) is 55.3 Å². The van der Waals surface area contributed by atoms with E-state index in [0.29, 0.717) is 18.1 Å². The highest BCUT2D eigenvalue weighted by Gasteiger charge is 2.29. The molecule has 1 aromatic rings. The summed E-state index contributed by atoms with van der Waals surface area (Å²) < 4.78 is 5.54. The fourth-order valence-corrected chi connectivity index (χ4v) is 3.22. The molecule has 3 heteroatoms. The van der Waals surface area contributed by atoms with Crippen molar-refractivity contribution in [2.45, 2.75) is 58.7 Å². The number of rotatable bonds is 6. The van der Waals surface area contributed by atoms with Gasteiger partial charge < -0.3 is 10.1 Å². The van der Waals surface area contributed by atoms with Gasteiger partial charge in [-0.25, -0.2) is 0 Å². The molecule has 3 unspecified atom stereocenters. The molecule has 0 bridgehead atoms. The molecule has 0 amide bonds. The second-order valence-corrected chi connectivity index (χ2v) is 5.95. The summed E-state index contributed by atoms with van der Waals surface area (Å²) >= 11 is 0. The van der Waals surface area contributed by atoms with Gasteiger partial charge in [0, 0.05) is 31.2 Å². The molecule has 0 radical (unpaired) electrons. The molecule has 1 aliphatic rings. The van der Waals surface area contributed by atoms with Crippen LogP contribution in [-0.4, -0.2) is 36.7 Å². The Hall–Kier alpha value is -1.06. The zero-order valence-corrected chi connectivity index (χ0v) is 13.9. The van der Waals surface area contributed by atoms with Crippen molar-refractivity contribution in [3.63, 3.8) is 0 Å². The van der Waals surface area contributed by atoms with Crippen molar-refractivity contribution in [2.75, 3.05) is 19.7 Å². The van der Waals surface area contributed by atoms with Gasteiger partial charge >= 0.3 is 0 Å². The summed E-state index contributed by atoms with van der Waals surface area (Å²) in [6.07, 6.45) is 2.40. The van der Waals surface area contributed by atoms with Crippen molar-refractivity contribution in [3.8, 4) is 5.75 Å². The average Bonchev–Trinajstić information content (AvgIpc) is 2.54. The lowest BCUT2D eigenvalue weighted by molar-refractivity contribution is 0.0850. The molecule has 3 atom stereocenters. The van der Waals surface area contributed by atoms with E-state index >= 15 is 0 Å². The fourth-order valence-electron chi connectivity index (χ4n) is 3.22. The average molecular weight is 290 g/mol. The van der Waals surface area contributed by atoms with E-state index in [1.165, 1.54) is 18.4 Å². The molecule has 0 aliphatic carbocycles. The van der Waals surface area contributed by atoms with Gasteiger partial charge in [-0.2, -0.15) is 0 Å². The maximum absolute atomic E-state index is 5.54. The fraction of sp³-hybridized carbons (Fsp3) is 0.667. The van der Waals surface area contributed by atoms with E-state index in [9.17, 15) is 0 Å². The van der Waals surface area contributed by atoms with Crippen molar-refractivity contribution in [1.82, 2.24) is 10.2 Å². The van der Waals surface area contributed by atoms with Gasteiger partial charge in [0.1, 0.15) is 5.75 Å². The number of ether oxygens (including phenoxy) is 1. The molecule has 1 N–H and O–H groups in total. The minimum absolute atomic E-state index is 0.460. The van der Waals surface area contributed by atoms with Crippen molar-refractivity contribution in [1.29, 1.82) is 0 Å². The van der Waals surface area contributed by atoms with Crippen LogP contribution < -0.4 is 10.1 Å². The Kier molecular flexibility index (Phi) is 6.07. The number of nitrogens with one attached hydrogen (secondary N) is 1. The summed E-state index contributed by atoms with van der Waals surface area (Å²) in [6.45, 7) is 11.9. The molecule has 3 nitrogen and oxygen atoms in total. The van der Waals surface area contributed by atoms with Crippen LogP contribution in [0.4, 0.5) is 0 Å². The number of hydrogen-bond acceptors (Lipinski definition) is 3. The highest BCUT2D eigenvalue weighted by atomic mass is 16.5. The summed E-state index contributed by atoms with van der Waals surface area (Å²) in [5, 5.41) is 3.67. The Morgan fingerprint density at radius 3 is 2.48 bits per heavy atom. The van der Waals surface area contributed by atoms with E-state index < -0.39 is 0 Å². The largest absolute Gasteiger partial charge is 0.494 e. The standard InChI is InChI=1S/C18H30N2O/c1-5-16-13-20(17(6-2)12-19-16)14(4)15-8-10-18(11-9-15)21-7-3/h8-11,14,16-17,19H,5-7,12-13H2,1-4H3. The van der Waals surface area contributed by atoms with Crippen LogP contribution in [0.5, 0.6) is 5.75 Å². The molecule has 118 valence electrons. The molecule has 0 saturated carbocycles. The summed E-state index contributed by atoms with van der Waals surface area (Å²) in [7, 11) is 0. The van der Waals surface area contributed by atoms with Crippen molar-refractivity contribution in [3.05, 3.63) is 29.8 Å². The van der Waals surface area contributed by atoms with Gasteiger partial charge in [-0.15, -0.1) is 0 Å². The summed E-state index contributed by atoms with van der Waals surface area (Å²) in [6, 6.07) is 10.3. The monoisotopic (exact) mass is 290 g/mol. The number of piperazine rings is 1. The van der Waals surface area contributed by atoms with E-state index in [-0.39, 0.29) is 0 Å². The summed E-state index contributed by atoms with van der Waals surface area (Å²) in [4.78, 5) is 2.67. The third kappa shape index (κ3) is 3.98. The highest BCUT2D eigenvalue weighted by molar-refractivity contribution is 5.29. The molecule has 2 rings (SSSR count). The molecular weight excluding hydrogens is 260 g/mol. The first-order chi connectivity index (χ1) is 10.2. The Balaban J connectivity index is 2.09. The van der Waals surface area contributed by atoms with E-state index in [1.807, 2.05) is 6.92 Å². The first-order valence-corrected chi connectivity index (χ1v) is 8.41. The third-order valence-corrected chi connectivity index (χ3v) is 4.68. The van der Waals surface area contributed by atoms with Gasteiger partial charge in [0.15, 0.2) is 0 Å². The second kappa shape index (κ2) is 7.81. The van der Waals surface area contributed by atoms with Crippen LogP contribution >= 0.6 is 0 Å². The molecule has 1 saturated heterocycles. The molecule has 0 spiro atoms. The minimum Gasteiger partial charge on any atom is -0.494 e. The molecule has 21 heavy (non-hydrogen) atoms. The Labute approximate surface area is 129 Å². The number of hydrogen-bond donors (Lipinski definition) is 1. The van der Waals surface area contributed by atoms with Crippen LogP contribution in [0.3, 0.4) is 0 Å². The molecule has 0 aromatic heterocycles. The lowest BCUT2D eigenvalue weighted by atomic mass is 9.99. The molecule has 1 aromatic carbocycles. The van der Waals surface area contributed by atoms with Gasteiger partial charge in [-0.1, -0.05) is 26.0 Å². The van der Waals surface area contributed by atoms with Crippen molar-refractivity contribution in [2.24, 2.45) is 0 Å². The van der Waals surface area contributed by atoms with E-state index in [0.717, 1.165) is 25.4 Å². The summed E-state index contributed by atoms with van der Waals surface area (Å²) in [5.41, 5.74) is 1.38. The van der Waals surface area contributed by atoms with Gasteiger partial charge in [0.05, 0.1) is 6.61 Å². The van der Waals surface area contributed by atoms with Crippen molar-refractivity contribution >= 4 is 0 Å². The molecular formula is C18H30N2O. The van der Waals surface area contributed by atoms with E-state index in [1.54, 1.807) is 0 Å². The quantitative estimate of drug-likeness (QED) is 0.866. The maximum atomic E-state index is 5.54. The first-order valence-electron chi connectivity index (χ1n) is 8.41. The zero-order chi connectivity index (χ0) is 15.2. The summed E-state index contributed by atoms with van der Waals surface area (Å²) in [5.74, 6) is 0.965. The topological polar surface area (TPSA) is 24.5 Å². The lowest BCUT2D eigenvalue weighted by Gasteiger charge is -2.43. The van der Waals surface area contributed by atoms with Crippen LogP contribution in [0.1, 0.15) is 52.1 Å². The van der Waals surface area contributed by atoms with Crippen LogP contribution in [0.2, 0.25) is 0 Å². The predicted molar refractivity (Wildman–Crippen MR) is 88.9 cm³/mol. The van der Waals surface area contributed by atoms with Crippen LogP contribution in [-0.2, 0) is 0 Å². The van der Waals surface area contributed by atoms with Gasteiger partial charge in [-0.3, -0.25) is 4.90 Å². The maximum Gasteiger partial charge on any atom is 0.119 e. The Morgan fingerprint density at radius 1 is 1.19 bits per heavy atom. The van der Waals surface area contributed by atoms with Crippen LogP contribution in [0.15, 0.2) is 24.3 Å². The smallest absolute Gasteiger partial charge is 0.119 e. The SMILES string of the molecule is CCOc1ccc(C(C)N2CC(CC)NCC2CC)cc1.